The van der Waals surface area contributed by atoms with E-state index in [2.05, 4.69) is 5.10 Å². The quantitative estimate of drug-likeness (QED) is 0.712. The van der Waals surface area contributed by atoms with Crippen molar-refractivity contribution in [3.05, 3.63) is 45.5 Å². The van der Waals surface area contributed by atoms with E-state index in [1.165, 1.54) is 11.3 Å². The van der Waals surface area contributed by atoms with Gasteiger partial charge in [-0.3, -0.25) is 4.79 Å². The van der Waals surface area contributed by atoms with Crippen molar-refractivity contribution in [1.82, 2.24) is 19.1 Å². The lowest BCUT2D eigenvalue weighted by Crippen LogP contribution is -2.48. The average Bonchev–Trinajstić information content (AvgIpc) is 3.39. The highest BCUT2D eigenvalue weighted by Crippen LogP contribution is 2.44. The van der Waals surface area contributed by atoms with Crippen LogP contribution in [-0.4, -0.2) is 55.8 Å². The fraction of sp³-hybridized carbons (Fsp3) is 0.421. The van der Waals surface area contributed by atoms with E-state index in [1.54, 1.807) is 16.8 Å². The summed E-state index contributed by atoms with van der Waals surface area (Å²) in [6.07, 6.45) is 7.40. The minimum atomic E-state index is -0.894. The summed E-state index contributed by atoms with van der Waals surface area (Å²) in [6, 6.07) is 1.77. The van der Waals surface area contributed by atoms with Gasteiger partial charge in [0.25, 0.3) is 5.91 Å². The number of aromatic nitrogens is 3. The molecule has 1 amide bonds. The summed E-state index contributed by atoms with van der Waals surface area (Å²) < 4.78 is 9.77. The second-order valence-corrected chi connectivity index (χ2v) is 8.51. The first-order valence-corrected chi connectivity index (χ1v) is 10.1. The molecule has 2 aliphatic heterocycles. The molecule has 1 fully saturated rings. The van der Waals surface area contributed by atoms with Crippen LogP contribution in [0.4, 0.5) is 0 Å². The first kappa shape index (κ1) is 17.4. The predicted molar refractivity (Wildman–Crippen MR) is 102 cm³/mol. The molecular weight excluding hydrogens is 380 g/mol. The largest absolute Gasteiger partial charge is 0.477 e. The van der Waals surface area contributed by atoms with Crippen LogP contribution in [0.2, 0.25) is 0 Å². The summed E-state index contributed by atoms with van der Waals surface area (Å²) in [7, 11) is 1.90. The van der Waals surface area contributed by atoms with Gasteiger partial charge in [-0.1, -0.05) is 0 Å². The number of aryl methyl sites for hydroxylation is 1. The highest BCUT2D eigenvalue weighted by atomic mass is 32.1. The number of carboxylic acid groups (broad SMARTS) is 1. The van der Waals surface area contributed by atoms with Crippen molar-refractivity contribution < 1.29 is 19.4 Å². The summed E-state index contributed by atoms with van der Waals surface area (Å²) in [4.78, 5) is 27.8. The van der Waals surface area contributed by atoms with E-state index in [1.807, 2.05) is 28.9 Å². The molecule has 1 N–H and O–H groups in total. The van der Waals surface area contributed by atoms with Crippen LogP contribution >= 0.6 is 11.3 Å². The molecule has 0 aliphatic carbocycles. The Balaban J connectivity index is 1.39. The third kappa shape index (κ3) is 2.50. The van der Waals surface area contributed by atoms with E-state index in [0.717, 1.165) is 22.5 Å². The lowest BCUT2D eigenvalue weighted by atomic mass is 9.82. The molecule has 3 aromatic heterocycles. The van der Waals surface area contributed by atoms with Crippen molar-refractivity contribution in [2.75, 3.05) is 19.7 Å². The molecule has 1 saturated heterocycles. The number of thiophene rings is 1. The summed E-state index contributed by atoms with van der Waals surface area (Å²) >= 11 is 1.35. The van der Waals surface area contributed by atoms with Crippen molar-refractivity contribution in [3.8, 4) is 0 Å². The lowest BCUT2D eigenvalue weighted by molar-refractivity contribution is -0.0926. The zero-order valence-corrected chi connectivity index (χ0v) is 16.2. The van der Waals surface area contributed by atoms with Crippen molar-refractivity contribution in [2.24, 2.45) is 7.05 Å². The standard InChI is InChI=1S/C19H20N4O4S/c1-21-7-8-23-16(21)12(11-20-23)17(24)22-5-3-19(4-6-22)13-10-15(18(25)26)28-14(13)2-9-27-19/h7-8,10-11H,2-6,9H2,1H3,(H,25,26). The first-order valence-electron chi connectivity index (χ1n) is 9.27. The molecule has 0 radical (unpaired) electrons. The van der Waals surface area contributed by atoms with Gasteiger partial charge in [-0.2, -0.15) is 5.10 Å². The van der Waals surface area contributed by atoms with Gasteiger partial charge in [-0.15, -0.1) is 11.3 Å². The Morgan fingerprint density at radius 3 is 2.82 bits per heavy atom. The highest BCUT2D eigenvalue weighted by molar-refractivity contribution is 7.14. The number of likely N-dealkylation sites (tertiary alicyclic amines) is 1. The van der Waals surface area contributed by atoms with Crippen LogP contribution in [0, 0.1) is 0 Å². The topological polar surface area (TPSA) is 89.1 Å². The number of carbonyl (C=O) groups is 2. The van der Waals surface area contributed by atoms with Gasteiger partial charge in [0.1, 0.15) is 16.1 Å². The highest BCUT2D eigenvalue weighted by Gasteiger charge is 2.43. The SMILES string of the molecule is Cn1ccn2ncc(C(=O)N3CCC4(CC3)OCCc3sc(C(=O)O)cc34)c12. The third-order valence-corrected chi connectivity index (χ3v) is 7.02. The minimum absolute atomic E-state index is 0.0285. The van der Waals surface area contributed by atoms with E-state index >= 15 is 0 Å². The molecule has 2 aliphatic rings. The molecule has 5 heterocycles. The minimum Gasteiger partial charge on any atom is -0.477 e. The summed E-state index contributed by atoms with van der Waals surface area (Å²) in [5.74, 6) is -0.922. The Kier molecular flexibility index (Phi) is 3.85. The van der Waals surface area contributed by atoms with Crippen molar-refractivity contribution in [2.45, 2.75) is 24.9 Å². The second kappa shape index (κ2) is 6.18. The van der Waals surface area contributed by atoms with Gasteiger partial charge in [0, 0.05) is 43.8 Å². The maximum Gasteiger partial charge on any atom is 0.345 e. The molecule has 3 aromatic rings. The maximum absolute atomic E-state index is 13.1. The van der Waals surface area contributed by atoms with Gasteiger partial charge in [0.15, 0.2) is 0 Å². The monoisotopic (exact) mass is 400 g/mol. The Morgan fingerprint density at radius 2 is 2.07 bits per heavy atom. The number of hydrogen-bond donors (Lipinski definition) is 1. The van der Waals surface area contributed by atoms with Crippen LogP contribution in [0.5, 0.6) is 0 Å². The number of amides is 1. The molecule has 1 spiro atoms. The van der Waals surface area contributed by atoms with E-state index in [4.69, 9.17) is 4.74 Å². The number of hydrogen-bond acceptors (Lipinski definition) is 5. The molecule has 9 heteroatoms. The van der Waals surface area contributed by atoms with Crippen molar-refractivity contribution in [1.29, 1.82) is 0 Å². The van der Waals surface area contributed by atoms with E-state index in [-0.39, 0.29) is 5.91 Å². The van der Waals surface area contributed by atoms with E-state index < -0.39 is 11.6 Å². The normalized spacial score (nSPS) is 18.5. The van der Waals surface area contributed by atoms with E-state index in [9.17, 15) is 14.7 Å². The molecular formula is C19H20N4O4S. The van der Waals surface area contributed by atoms with Crippen molar-refractivity contribution in [3.63, 3.8) is 0 Å². The first-order chi connectivity index (χ1) is 13.5. The molecule has 0 atom stereocenters. The Bertz CT molecular complexity index is 1090. The fourth-order valence-electron chi connectivity index (χ4n) is 4.38. The number of carboxylic acids is 1. The summed E-state index contributed by atoms with van der Waals surface area (Å²) in [5, 5.41) is 13.6. The van der Waals surface area contributed by atoms with Gasteiger partial charge in [0.05, 0.1) is 18.4 Å². The summed E-state index contributed by atoms with van der Waals surface area (Å²) in [5.41, 5.74) is 1.90. The van der Waals surface area contributed by atoms with E-state index in [0.29, 0.717) is 43.0 Å². The van der Waals surface area contributed by atoms with Crippen LogP contribution in [0.25, 0.3) is 5.65 Å². The zero-order chi connectivity index (χ0) is 19.5. The molecule has 146 valence electrons. The molecule has 0 saturated carbocycles. The number of ether oxygens (including phenoxy) is 1. The summed E-state index contributed by atoms with van der Waals surface area (Å²) in [6.45, 7) is 1.73. The molecule has 0 bridgehead atoms. The molecule has 0 unspecified atom stereocenters. The number of nitrogens with zero attached hydrogens (tertiary/aromatic N) is 4. The van der Waals surface area contributed by atoms with Crippen LogP contribution in [0.1, 0.15) is 43.3 Å². The predicted octanol–water partition coefficient (Wildman–Crippen LogP) is 2.14. The number of fused-ring (bicyclic) bond motifs is 3. The Labute approximate surface area is 164 Å². The van der Waals surface area contributed by atoms with Crippen LogP contribution in [-0.2, 0) is 23.8 Å². The average molecular weight is 400 g/mol. The maximum atomic E-state index is 13.1. The van der Waals surface area contributed by atoms with Gasteiger partial charge < -0.3 is 19.3 Å². The van der Waals surface area contributed by atoms with Crippen LogP contribution < -0.4 is 0 Å². The van der Waals surface area contributed by atoms with Gasteiger partial charge in [0.2, 0.25) is 0 Å². The lowest BCUT2D eigenvalue weighted by Gasteiger charge is -2.44. The number of imidazole rings is 1. The van der Waals surface area contributed by atoms with Gasteiger partial charge >= 0.3 is 5.97 Å². The Morgan fingerprint density at radius 1 is 1.29 bits per heavy atom. The number of piperidine rings is 1. The second-order valence-electron chi connectivity index (χ2n) is 7.37. The van der Waals surface area contributed by atoms with Gasteiger partial charge in [-0.25, -0.2) is 9.31 Å². The molecule has 8 nitrogen and oxygen atoms in total. The third-order valence-electron chi connectivity index (χ3n) is 5.84. The number of rotatable bonds is 2. The fourth-order valence-corrected chi connectivity index (χ4v) is 5.45. The molecule has 5 rings (SSSR count). The smallest absolute Gasteiger partial charge is 0.345 e. The van der Waals surface area contributed by atoms with Crippen LogP contribution in [0.15, 0.2) is 24.7 Å². The number of aromatic carboxylic acids is 1. The van der Waals surface area contributed by atoms with Crippen LogP contribution in [0.3, 0.4) is 0 Å². The van der Waals surface area contributed by atoms with Gasteiger partial charge in [-0.05, 0) is 24.5 Å². The number of carbonyl (C=O) groups excluding carboxylic acids is 1. The van der Waals surface area contributed by atoms with Crippen molar-refractivity contribution >= 4 is 28.9 Å². The Hall–Kier alpha value is -2.65. The molecule has 28 heavy (non-hydrogen) atoms. The molecule has 0 aromatic carbocycles. The zero-order valence-electron chi connectivity index (χ0n) is 15.4.